The van der Waals surface area contributed by atoms with E-state index in [1.807, 2.05) is 24.6 Å². The Morgan fingerprint density at radius 2 is 1.88 bits per heavy atom. The molecule has 34 heavy (non-hydrogen) atoms. The zero-order chi connectivity index (χ0) is 24.2. The molecule has 5 rings (SSSR count). The van der Waals surface area contributed by atoms with Crippen molar-refractivity contribution < 1.29 is 18.0 Å². The number of nitrogens with one attached hydrogen (secondary N) is 1. The Labute approximate surface area is 193 Å². The van der Waals surface area contributed by atoms with Gasteiger partial charge in [0.25, 0.3) is 0 Å². The van der Waals surface area contributed by atoms with E-state index in [9.17, 15) is 18.0 Å². The van der Waals surface area contributed by atoms with Gasteiger partial charge in [-0.3, -0.25) is 9.48 Å². The van der Waals surface area contributed by atoms with Gasteiger partial charge in [-0.05, 0) is 49.2 Å². The van der Waals surface area contributed by atoms with Crippen molar-refractivity contribution in [3.05, 3.63) is 71.7 Å². The van der Waals surface area contributed by atoms with Crippen molar-refractivity contribution in [1.29, 1.82) is 0 Å². The Kier molecular flexibility index (Phi) is 5.07. The third-order valence-corrected chi connectivity index (χ3v) is 6.42. The van der Waals surface area contributed by atoms with E-state index in [4.69, 9.17) is 5.10 Å². The van der Waals surface area contributed by atoms with Crippen LogP contribution < -0.4 is 0 Å². The van der Waals surface area contributed by atoms with Crippen LogP contribution in [0.3, 0.4) is 0 Å². The number of hydrogen-bond donors (Lipinski definition) is 1. The van der Waals surface area contributed by atoms with Crippen LogP contribution >= 0.6 is 0 Å². The first-order chi connectivity index (χ1) is 16.2. The molecule has 0 spiro atoms. The molecule has 9 heteroatoms. The Hall–Kier alpha value is -3.88. The van der Waals surface area contributed by atoms with Crippen molar-refractivity contribution >= 4 is 16.9 Å². The number of fused-ring (bicyclic) bond motifs is 2. The van der Waals surface area contributed by atoms with Gasteiger partial charge in [-0.2, -0.15) is 18.3 Å². The molecular formula is C25H22F3N5O. The molecule has 1 amide bonds. The highest BCUT2D eigenvalue weighted by Gasteiger charge is 2.32. The largest absolute Gasteiger partial charge is 0.416 e. The van der Waals surface area contributed by atoms with Crippen LogP contribution in [0.25, 0.3) is 33.4 Å². The molecular weight excluding hydrogens is 443 g/mol. The minimum absolute atomic E-state index is 0.178. The van der Waals surface area contributed by atoms with Crippen LogP contribution in [0.5, 0.6) is 0 Å². The van der Waals surface area contributed by atoms with E-state index in [0.29, 0.717) is 30.9 Å². The molecule has 1 aromatic carbocycles. The molecule has 4 heterocycles. The van der Waals surface area contributed by atoms with Crippen LogP contribution in [-0.2, 0) is 24.1 Å². The molecule has 0 radical (unpaired) electrons. The number of halogens is 3. The Bertz CT molecular complexity index is 1430. The summed E-state index contributed by atoms with van der Waals surface area (Å²) >= 11 is 0. The van der Waals surface area contributed by atoms with E-state index in [1.54, 1.807) is 11.1 Å². The number of carbonyl (C=O) groups is 1. The van der Waals surface area contributed by atoms with Gasteiger partial charge in [0.1, 0.15) is 11.3 Å². The molecule has 4 aromatic rings. The van der Waals surface area contributed by atoms with E-state index in [2.05, 4.69) is 16.5 Å². The second-order valence-electron chi connectivity index (χ2n) is 8.39. The average Bonchev–Trinajstić information content (AvgIpc) is 3.34. The predicted molar refractivity (Wildman–Crippen MR) is 123 cm³/mol. The lowest BCUT2D eigenvalue weighted by Crippen LogP contribution is -2.37. The zero-order valence-electron chi connectivity index (χ0n) is 18.7. The number of rotatable bonds is 3. The maximum atomic E-state index is 13.1. The fourth-order valence-electron chi connectivity index (χ4n) is 4.54. The molecule has 0 unspecified atom stereocenters. The summed E-state index contributed by atoms with van der Waals surface area (Å²) in [6.07, 6.45) is -1.44. The SMILES string of the molecule is C=CC(=O)N1CCn2nc(-c3ccc(C(F)(F)F)cc3)c(-c3ccnc4[nH]c(C)c(C)c34)c2C1. The second-order valence-corrected chi connectivity index (χ2v) is 8.39. The van der Waals surface area contributed by atoms with Gasteiger partial charge >= 0.3 is 6.18 Å². The molecule has 174 valence electrons. The van der Waals surface area contributed by atoms with Crippen LogP contribution in [0.1, 0.15) is 22.5 Å². The summed E-state index contributed by atoms with van der Waals surface area (Å²) < 4.78 is 41.3. The molecule has 6 nitrogen and oxygen atoms in total. The van der Waals surface area contributed by atoms with Crippen molar-refractivity contribution in [3.63, 3.8) is 0 Å². The number of amides is 1. The van der Waals surface area contributed by atoms with Gasteiger partial charge in [0.05, 0.1) is 24.3 Å². The Morgan fingerprint density at radius 1 is 1.15 bits per heavy atom. The number of nitrogens with zero attached hydrogens (tertiary/aromatic N) is 4. The molecule has 0 fully saturated rings. The van der Waals surface area contributed by atoms with Gasteiger partial charge in [0.15, 0.2) is 0 Å². The van der Waals surface area contributed by atoms with E-state index in [0.717, 1.165) is 51.2 Å². The molecule has 0 bridgehead atoms. The summed E-state index contributed by atoms with van der Waals surface area (Å²) in [7, 11) is 0. The maximum absolute atomic E-state index is 13.1. The van der Waals surface area contributed by atoms with Crippen LogP contribution in [0.2, 0.25) is 0 Å². The Morgan fingerprint density at radius 3 is 2.56 bits per heavy atom. The number of aromatic nitrogens is 4. The predicted octanol–water partition coefficient (Wildman–Crippen LogP) is 5.26. The highest BCUT2D eigenvalue weighted by Crippen LogP contribution is 2.41. The number of aryl methyl sites for hydroxylation is 2. The van der Waals surface area contributed by atoms with Gasteiger partial charge in [0, 0.05) is 34.9 Å². The van der Waals surface area contributed by atoms with E-state index < -0.39 is 11.7 Å². The molecule has 1 aliphatic heterocycles. The van der Waals surface area contributed by atoms with Crippen LogP contribution in [0.15, 0.2) is 49.2 Å². The highest BCUT2D eigenvalue weighted by atomic mass is 19.4. The summed E-state index contributed by atoms with van der Waals surface area (Å²) in [6.45, 7) is 8.82. The number of benzene rings is 1. The molecule has 0 atom stereocenters. The molecule has 0 saturated heterocycles. The first kappa shape index (κ1) is 21.9. The topological polar surface area (TPSA) is 66.8 Å². The number of pyridine rings is 1. The quantitative estimate of drug-likeness (QED) is 0.420. The molecule has 3 aromatic heterocycles. The number of H-pyrrole nitrogens is 1. The van der Waals surface area contributed by atoms with E-state index in [-0.39, 0.29) is 5.91 Å². The minimum atomic E-state index is -4.42. The van der Waals surface area contributed by atoms with Crippen LogP contribution in [0, 0.1) is 13.8 Å². The minimum Gasteiger partial charge on any atom is -0.343 e. The van der Waals surface area contributed by atoms with Gasteiger partial charge < -0.3 is 9.88 Å². The van der Waals surface area contributed by atoms with Crippen molar-refractivity contribution in [2.75, 3.05) is 6.54 Å². The summed E-state index contributed by atoms with van der Waals surface area (Å²) in [6, 6.07) is 6.92. The molecule has 0 saturated carbocycles. The van der Waals surface area contributed by atoms with Gasteiger partial charge in [0.2, 0.25) is 5.91 Å². The fourth-order valence-corrected chi connectivity index (χ4v) is 4.54. The lowest BCUT2D eigenvalue weighted by Gasteiger charge is -2.27. The lowest BCUT2D eigenvalue weighted by molar-refractivity contribution is -0.137. The first-order valence-electron chi connectivity index (χ1n) is 10.8. The first-order valence-corrected chi connectivity index (χ1v) is 10.8. The van der Waals surface area contributed by atoms with Crippen molar-refractivity contribution in [1.82, 2.24) is 24.6 Å². The molecule has 1 N–H and O–H groups in total. The van der Waals surface area contributed by atoms with E-state index in [1.165, 1.54) is 18.2 Å². The highest BCUT2D eigenvalue weighted by molar-refractivity contribution is 6.00. The van der Waals surface area contributed by atoms with Gasteiger partial charge in [-0.1, -0.05) is 18.7 Å². The van der Waals surface area contributed by atoms with Crippen LogP contribution in [-0.4, -0.2) is 37.1 Å². The average molecular weight is 465 g/mol. The third-order valence-electron chi connectivity index (χ3n) is 6.42. The maximum Gasteiger partial charge on any atom is 0.416 e. The zero-order valence-corrected chi connectivity index (χ0v) is 18.7. The summed E-state index contributed by atoms with van der Waals surface area (Å²) in [5.74, 6) is -0.178. The summed E-state index contributed by atoms with van der Waals surface area (Å²) in [5, 5.41) is 5.72. The smallest absolute Gasteiger partial charge is 0.343 e. The Balaban J connectivity index is 1.76. The van der Waals surface area contributed by atoms with Gasteiger partial charge in [-0.25, -0.2) is 4.98 Å². The monoisotopic (exact) mass is 465 g/mol. The number of carbonyl (C=O) groups excluding carboxylic acids is 1. The van der Waals surface area contributed by atoms with Gasteiger partial charge in [-0.15, -0.1) is 0 Å². The standard InChI is InChI=1S/C25H22F3N5O/c1-4-20(34)32-11-12-33-19(13-32)22(18-9-10-29-24-21(18)14(2)15(3)30-24)23(31-33)16-5-7-17(8-6-16)25(26,27)28/h4-10H,1,11-13H2,2-3H3,(H,29,30). The molecule has 1 aliphatic rings. The van der Waals surface area contributed by atoms with Crippen molar-refractivity contribution in [2.24, 2.45) is 0 Å². The third kappa shape index (κ3) is 3.48. The summed E-state index contributed by atoms with van der Waals surface area (Å²) in [4.78, 5) is 21.8. The molecule has 0 aliphatic carbocycles. The van der Waals surface area contributed by atoms with Crippen molar-refractivity contribution in [3.8, 4) is 22.4 Å². The normalized spacial score (nSPS) is 13.9. The summed E-state index contributed by atoms with van der Waals surface area (Å²) in [5.41, 5.74) is 5.65. The lowest BCUT2D eigenvalue weighted by atomic mass is 9.95. The fraction of sp³-hybridized carbons (Fsp3) is 0.240. The number of hydrogen-bond acceptors (Lipinski definition) is 3. The second kappa shape index (κ2) is 7.86. The van der Waals surface area contributed by atoms with E-state index >= 15 is 0 Å². The number of alkyl halides is 3. The van der Waals surface area contributed by atoms with Crippen LogP contribution in [0.4, 0.5) is 13.2 Å². The van der Waals surface area contributed by atoms with Crippen molar-refractivity contribution in [2.45, 2.75) is 33.1 Å². The number of aromatic amines is 1.